The fourth-order valence-corrected chi connectivity index (χ4v) is 1.38. The van der Waals surface area contributed by atoms with Crippen molar-refractivity contribution in [3.63, 3.8) is 0 Å². The van der Waals surface area contributed by atoms with Gasteiger partial charge in [-0.25, -0.2) is 0 Å². The first-order chi connectivity index (χ1) is 3.62. The second-order valence-corrected chi connectivity index (χ2v) is 5.89. The fraction of sp³-hybridized carbons (Fsp3) is 0.600. The van der Waals surface area contributed by atoms with Crippen LogP contribution in [-0.4, -0.2) is 11.1 Å². The molecule has 0 aliphatic heterocycles. The molecule has 1 nitrogen and oxygen atoms in total. The highest BCUT2D eigenvalue weighted by Gasteiger charge is 2.00. The van der Waals surface area contributed by atoms with E-state index in [1.54, 1.807) is 5.82 Å². The molecule has 3 heteroatoms. The summed E-state index contributed by atoms with van der Waals surface area (Å²) in [7, 11) is 0. The second-order valence-electron chi connectivity index (χ2n) is 1.55. The van der Waals surface area contributed by atoms with Crippen LogP contribution >= 0.6 is 6.26 Å². The Labute approximate surface area is 55.5 Å². The molecule has 1 unspecified atom stereocenters. The summed E-state index contributed by atoms with van der Waals surface area (Å²) in [6, 6.07) is 0. The summed E-state index contributed by atoms with van der Waals surface area (Å²) in [6.45, 7) is 3.77. The molecule has 0 saturated carbocycles. The average Bonchev–Trinajstić information content (AvgIpc) is 1.67. The highest BCUT2D eigenvalue weighted by atomic mass is 32.4. The van der Waals surface area contributed by atoms with Crippen LogP contribution < -0.4 is 0 Å². The van der Waals surface area contributed by atoms with Gasteiger partial charge in [0.25, 0.3) is 0 Å². The van der Waals surface area contributed by atoms with Crippen molar-refractivity contribution in [3.8, 4) is 0 Å². The van der Waals surface area contributed by atoms with Crippen molar-refractivity contribution < 1.29 is 4.89 Å². The Morgan fingerprint density at radius 1 is 1.75 bits per heavy atom. The molecule has 0 aromatic carbocycles. The van der Waals surface area contributed by atoms with Gasteiger partial charge in [-0.1, -0.05) is 24.8 Å². The topological polar surface area (TPSA) is 20.2 Å². The van der Waals surface area contributed by atoms with Gasteiger partial charge in [0.05, 0.1) is 6.26 Å². The van der Waals surface area contributed by atoms with E-state index in [1.165, 1.54) is 0 Å². The lowest BCUT2D eigenvalue weighted by atomic mass is 10.8. The van der Waals surface area contributed by atoms with Gasteiger partial charge in [-0.3, -0.25) is 0 Å². The maximum atomic E-state index is 9.16. The summed E-state index contributed by atoms with van der Waals surface area (Å²) < 4.78 is 0. The zero-order chi connectivity index (χ0) is 6.62. The molecular weight excluding hydrogens is 139 g/mol. The zero-order valence-corrected chi connectivity index (χ0v) is 6.88. The number of hydrogen-bond acceptors (Lipinski definition) is 1. The summed E-state index contributed by atoms with van der Waals surface area (Å²) in [4.78, 5) is 9.16. The third-order valence-electron chi connectivity index (χ3n) is 0.835. The van der Waals surface area contributed by atoms with E-state index in [2.05, 4.69) is 0 Å². The first-order valence-corrected chi connectivity index (χ1v) is 5.58. The normalized spacial score (nSPS) is 18.9. The Kier molecular flexibility index (Phi) is 3.54. The number of hydrogen-bond donors (Lipinski definition) is 1. The third kappa shape index (κ3) is 3.36. The van der Waals surface area contributed by atoms with Crippen LogP contribution in [0, 0.1) is 0 Å². The van der Waals surface area contributed by atoms with E-state index in [1.807, 2.05) is 19.9 Å². The van der Waals surface area contributed by atoms with Crippen LogP contribution in [0.25, 0.3) is 0 Å². The molecule has 0 radical (unpaired) electrons. The van der Waals surface area contributed by atoms with Crippen LogP contribution in [0.4, 0.5) is 0 Å². The molecule has 0 fully saturated rings. The highest BCUT2D eigenvalue weighted by molar-refractivity contribution is 8.13. The molecule has 0 aromatic heterocycles. The molecule has 8 heavy (non-hydrogen) atoms. The van der Waals surface area contributed by atoms with E-state index in [9.17, 15) is 0 Å². The molecule has 0 aromatic rings. The molecule has 1 atom stereocenters. The van der Waals surface area contributed by atoms with Crippen LogP contribution in [-0.2, 0) is 11.8 Å². The summed E-state index contributed by atoms with van der Waals surface area (Å²) >= 11 is 4.82. The minimum absolute atomic E-state index is 0.701. The molecule has 0 aliphatic carbocycles. The van der Waals surface area contributed by atoms with Gasteiger partial charge in [-0.2, -0.15) is 0 Å². The van der Waals surface area contributed by atoms with Crippen molar-refractivity contribution >= 4 is 18.1 Å². The standard InChI is InChI=1S/C5H11OPS/c1-3-5-7(6,8)4-2/h3,5H,4H2,1-2H3,(H,6,8). The van der Waals surface area contributed by atoms with Gasteiger partial charge in [0.2, 0.25) is 0 Å². The SMILES string of the molecule is CC=CP(O)(=S)CC. The Bertz CT molecular complexity index is 130. The van der Waals surface area contributed by atoms with Crippen LogP contribution in [0.5, 0.6) is 0 Å². The fourth-order valence-electron chi connectivity index (χ4n) is 0.338. The largest absolute Gasteiger partial charge is 0.362 e. The van der Waals surface area contributed by atoms with E-state index in [-0.39, 0.29) is 0 Å². The van der Waals surface area contributed by atoms with E-state index in [0.717, 1.165) is 0 Å². The lowest BCUT2D eigenvalue weighted by Gasteiger charge is -2.03. The van der Waals surface area contributed by atoms with Crippen molar-refractivity contribution in [1.82, 2.24) is 0 Å². The quantitative estimate of drug-likeness (QED) is 0.607. The molecular formula is C5H11OPS. The molecule has 0 rings (SSSR count). The second kappa shape index (κ2) is 3.39. The van der Waals surface area contributed by atoms with Crippen molar-refractivity contribution in [2.75, 3.05) is 6.16 Å². The van der Waals surface area contributed by atoms with Crippen LogP contribution in [0.1, 0.15) is 13.8 Å². The molecule has 0 heterocycles. The van der Waals surface area contributed by atoms with Gasteiger partial charge in [-0.05, 0) is 18.9 Å². The molecule has 0 amide bonds. The first-order valence-electron chi connectivity index (χ1n) is 2.57. The Morgan fingerprint density at radius 3 is 2.38 bits per heavy atom. The molecule has 0 saturated heterocycles. The highest BCUT2D eigenvalue weighted by Crippen LogP contribution is 2.41. The maximum absolute atomic E-state index is 9.16. The average molecular weight is 150 g/mol. The summed E-state index contributed by atoms with van der Waals surface area (Å²) in [6.07, 6.45) is 0.490. The Hall–Kier alpha value is 0.350. The van der Waals surface area contributed by atoms with E-state index in [4.69, 9.17) is 16.7 Å². The molecule has 48 valence electrons. The van der Waals surface area contributed by atoms with Crippen molar-refractivity contribution in [3.05, 3.63) is 11.9 Å². The van der Waals surface area contributed by atoms with Gasteiger partial charge >= 0.3 is 0 Å². The predicted molar refractivity (Wildman–Crippen MR) is 41.9 cm³/mol. The van der Waals surface area contributed by atoms with Gasteiger partial charge in [0.15, 0.2) is 0 Å². The van der Waals surface area contributed by atoms with E-state index >= 15 is 0 Å². The van der Waals surface area contributed by atoms with Crippen molar-refractivity contribution in [2.24, 2.45) is 0 Å². The van der Waals surface area contributed by atoms with Crippen LogP contribution in [0.2, 0.25) is 0 Å². The van der Waals surface area contributed by atoms with Crippen molar-refractivity contribution in [1.29, 1.82) is 0 Å². The smallest absolute Gasteiger partial charge is 0.0839 e. The molecule has 0 bridgehead atoms. The summed E-state index contributed by atoms with van der Waals surface area (Å²) in [5.74, 6) is 1.72. The lowest BCUT2D eigenvalue weighted by Crippen LogP contribution is -1.75. The number of rotatable bonds is 2. The monoisotopic (exact) mass is 150 g/mol. The van der Waals surface area contributed by atoms with Gasteiger partial charge in [0, 0.05) is 0 Å². The lowest BCUT2D eigenvalue weighted by molar-refractivity contribution is 0.632. The minimum Gasteiger partial charge on any atom is -0.362 e. The Balaban J connectivity index is 3.93. The predicted octanol–water partition coefficient (Wildman–Crippen LogP) is 1.93. The number of allylic oxidation sites excluding steroid dienone is 1. The van der Waals surface area contributed by atoms with Crippen molar-refractivity contribution in [2.45, 2.75) is 13.8 Å². The van der Waals surface area contributed by atoms with Gasteiger partial charge in [0.1, 0.15) is 0 Å². The summed E-state index contributed by atoms with van der Waals surface area (Å²) in [5.41, 5.74) is 0. The third-order valence-corrected chi connectivity index (χ3v) is 3.65. The van der Waals surface area contributed by atoms with Crippen LogP contribution in [0.3, 0.4) is 0 Å². The zero-order valence-electron chi connectivity index (χ0n) is 5.16. The molecule has 0 aliphatic rings. The van der Waals surface area contributed by atoms with E-state index < -0.39 is 6.26 Å². The maximum Gasteiger partial charge on any atom is 0.0839 e. The first kappa shape index (κ1) is 8.35. The molecule has 1 N–H and O–H groups in total. The van der Waals surface area contributed by atoms with Gasteiger partial charge < -0.3 is 4.89 Å². The van der Waals surface area contributed by atoms with Gasteiger partial charge in [-0.15, -0.1) is 0 Å². The van der Waals surface area contributed by atoms with E-state index in [0.29, 0.717) is 6.16 Å². The Morgan fingerprint density at radius 2 is 2.25 bits per heavy atom. The minimum atomic E-state index is -2.02. The van der Waals surface area contributed by atoms with Crippen LogP contribution in [0.15, 0.2) is 11.9 Å². The molecule has 0 spiro atoms. The summed E-state index contributed by atoms with van der Waals surface area (Å²) in [5, 5.41) is 0.